The second-order valence-corrected chi connectivity index (χ2v) is 4.76. The minimum atomic E-state index is -2.92. The van der Waals surface area contributed by atoms with Gasteiger partial charge in [-0.25, -0.2) is 13.1 Å². The molecule has 0 saturated carbocycles. The van der Waals surface area contributed by atoms with Crippen LogP contribution in [0.15, 0.2) is 30.3 Å². The molecule has 4 heteroatoms. The Morgan fingerprint density at radius 1 is 1.12 bits per heavy atom. The molecule has 1 aromatic carbocycles. The van der Waals surface area contributed by atoms with Gasteiger partial charge in [0.1, 0.15) is 0 Å². The summed E-state index contributed by atoms with van der Waals surface area (Å²) in [6.07, 6.45) is 1.14. The Labute approximate surface area is 99.9 Å². The maximum atomic E-state index is 10.1. The van der Waals surface area contributed by atoms with Crippen molar-refractivity contribution in [2.75, 3.05) is 12.8 Å². The minimum Gasteiger partial charge on any atom is -0.216 e. The van der Waals surface area contributed by atoms with Crippen LogP contribution in [0.2, 0.25) is 0 Å². The summed E-state index contributed by atoms with van der Waals surface area (Å²) in [5.41, 5.74) is 1.32. The molecule has 16 heavy (non-hydrogen) atoms. The molecule has 1 N–H and O–H groups in total. The Bertz CT molecular complexity index is 333. The fourth-order valence-corrected chi connectivity index (χ4v) is 1.32. The van der Waals surface area contributed by atoms with Gasteiger partial charge in [0, 0.05) is 6.54 Å². The van der Waals surface area contributed by atoms with Crippen molar-refractivity contribution >= 4 is 10.0 Å². The van der Waals surface area contributed by atoms with Crippen LogP contribution in [0.4, 0.5) is 0 Å². The van der Waals surface area contributed by atoms with E-state index in [-0.39, 0.29) is 0 Å². The zero-order valence-electron chi connectivity index (χ0n) is 10.8. The summed E-state index contributed by atoms with van der Waals surface area (Å²) in [5.74, 6) is 0. The van der Waals surface area contributed by atoms with Crippen LogP contribution in [-0.2, 0) is 10.0 Å². The van der Waals surface area contributed by atoms with Crippen LogP contribution in [0.5, 0.6) is 0 Å². The molecule has 3 nitrogen and oxygen atoms in total. The predicted octanol–water partition coefficient (Wildman–Crippen LogP) is 2.58. The smallest absolute Gasteiger partial charge is 0.208 e. The fourth-order valence-electron chi connectivity index (χ4n) is 0.797. The van der Waals surface area contributed by atoms with Gasteiger partial charge in [0.15, 0.2) is 0 Å². The van der Waals surface area contributed by atoms with Gasteiger partial charge in [-0.3, -0.25) is 0 Å². The first-order valence-corrected chi connectivity index (χ1v) is 7.31. The van der Waals surface area contributed by atoms with Crippen LogP contribution in [-0.4, -0.2) is 21.2 Å². The van der Waals surface area contributed by atoms with Crippen LogP contribution in [0.25, 0.3) is 0 Å². The molecular formula is C12H23NO2S. The highest BCUT2D eigenvalue weighted by Gasteiger charge is 1.92. The largest absolute Gasteiger partial charge is 0.216 e. The Morgan fingerprint density at radius 3 is 1.69 bits per heavy atom. The predicted molar refractivity (Wildman–Crippen MR) is 71.0 cm³/mol. The van der Waals surface area contributed by atoms with E-state index in [0.717, 1.165) is 6.26 Å². The summed E-state index contributed by atoms with van der Waals surface area (Å²) < 4.78 is 22.5. The number of benzene rings is 1. The van der Waals surface area contributed by atoms with Gasteiger partial charge < -0.3 is 0 Å². The average molecular weight is 245 g/mol. The van der Waals surface area contributed by atoms with Gasteiger partial charge in [0.05, 0.1) is 6.26 Å². The molecule has 0 spiro atoms. The van der Waals surface area contributed by atoms with E-state index in [4.69, 9.17) is 0 Å². The molecule has 0 amide bonds. The van der Waals surface area contributed by atoms with E-state index in [0.29, 0.717) is 6.54 Å². The highest BCUT2D eigenvalue weighted by molar-refractivity contribution is 7.88. The van der Waals surface area contributed by atoms with Gasteiger partial charge in [-0.1, -0.05) is 56.7 Å². The zero-order chi connectivity index (χ0) is 13.0. The van der Waals surface area contributed by atoms with Gasteiger partial charge in [-0.05, 0) is 6.92 Å². The summed E-state index contributed by atoms with van der Waals surface area (Å²) in [6, 6.07) is 10.3. The van der Waals surface area contributed by atoms with Crippen molar-refractivity contribution in [3.8, 4) is 0 Å². The Morgan fingerprint density at radius 2 is 1.56 bits per heavy atom. The summed E-state index contributed by atoms with van der Waals surface area (Å²) in [7, 11) is -2.92. The Hall–Kier alpha value is -0.870. The van der Waals surface area contributed by atoms with Crippen molar-refractivity contribution in [1.82, 2.24) is 4.72 Å². The molecule has 0 atom stereocenters. The monoisotopic (exact) mass is 245 g/mol. The van der Waals surface area contributed by atoms with Crippen molar-refractivity contribution in [2.45, 2.75) is 27.7 Å². The fraction of sp³-hybridized carbons (Fsp3) is 0.500. The van der Waals surface area contributed by atoms with E-state index in [1.54, 1.807) is 6.92 Å². The highest BCUT2D eigenvalue weighted by atomic mass is 32.2. The molecule has 0 aromatic heterocycles. The zero-order valence-corrected chi connectivity index (χ0v) is 11.6. The summed E-state index contributed by atoms with van der Waals surface area (Å²) in [5, 5.41) is 0. The van der Waals surface area contributed by atoms with E-state index in [2.05, 4.69) is 23.8 Å². The molecule has 0 heterocycles. The van der Waals surface area contributed by atoms with Gasteiger partial charge >= 0.3 is 0 Å². The topological polar surface area (TPSA) is 46.2 Å². The van der Waals surface area contributed by atoms with Gasteiger partial charge in [0.2, 0.25) is 10.0 Å². The standard InChI is InChI=1S/C7H8.C3H9NO2S.C2H6/c1-7-5-3-2-4-6-7;1-3-4-7(2,5)6;1-2/h2-6H,1H3;4H,3H2,1-2H3;1-2H3. The number of hydrogen-bond acceptors (Lipinski definition) is 2. The molecule has 1 aromatic rings. The molecule has 0 aliphatic carbocycles. The molecule has 0 fully saturated rings. The molecule has 0 radical (unpaired) electrons. The normalized spacial score (nSPS) is 9.31. The molecule has 94 valence electrons. The maximum absolute atomic E-state index is 10.1. The van der Waals surface area contributed by atoms with Crippen LogP contribution in [0.1, 0.15) is 26.3 Å². The number of sulfonamides is 1. The number of nitrogens with one attached hydrogen (secondary N) is 1. The third kappa shape index (κ3) is 15.6. The van der Waals surface area contributed by atoms with E-state index in [1.165, 1.54) is 5.56 Å². The lowest BCUT2D eigenvalue weighted by molar-refractivity contribution is 0.590. The van der Waals surface area contributed by atoms with E-state index in [1.807, 2.05) is 32.0 Å². The van der Waals surface area contributed by atoms with E-state index in [9.17, 15) is 8.42 Å². The van der Waals surface area contributed by atoms with Crippen molar-refractivity contribution in [1.29, 1.82) is 0 Å². The number of hydrogen-bond donors (Lipinski definition) is 1. The molecule has 1 rings (SSSR count). The van der Waals surface area contributed by atoms with E-state index < -0.39 is 10.0 Å². The van der Waals surface area contributed by atoms with Crippen LogP contribution in [0.3, 0.4) is 0 Å². The Kier molecular flexibility index (Phi) is 11.7. The third-order valence-electron chi connectivity index (χ3n) is 1.35. The first-order valence-electron chi connectivity index (χ1n) is 5.42. The minimum absolute atomic E-state index is 0.471. The first kappa shape index (κ1) is 17.5. The third-order valence-corrected chi connectivity index (χ3v) is 2.16. The lowest BCUT2D eigenvalue weighted by atomic mass is 10.2. The van der Waals surface area contributed by atoms with Gasteiger partial charge in [-0.15, -0.1) is 0 Å². The Balaban J connectivity index is 0. The maximum Gasteiger partial charge on any atom is 0.208 e. The summed E-state index contributed by atoms with van der Waals surface area (Å²) in [6.45, 7) is 8.29. The summed E-state index contributed by atoms with van der Waals surface area (Å²) >= 11 is 0. The van der Waals surface area contributed by atoms with Crippen LogP contribution < -0.4 is 4.72 Å². The quantitative estimate of drug-likeness (QED) is 0.870. The lowest BCUT2D eigenvalue weighted by Crippen LogP contribution is -2.20. The first-order chi connectivity index (χ1) is 7.45. The molecule has 0 unspecified atom stereocenters. The lowest BCUT2D eigenvalue weighted by Gasteiger charge is -1.91. The number of rotatable bonds is 2. The van der Waals surface area contributed by atoms with Crippen molar-refractivity contribution < 1.29 is 8.42 Å². The molecular weight excluding hydrogens is 222 g/mol. The van der Waals surface area contributed by atoms with Gasteiger partial charge in [-0.2, -0.15) is 0 Å². The van der Waals surface area contributed by atoms with Crippen molar-refractivity contribution in [2.24, 2.45) is 0 Å². The second-order valence-electron chi connectivity index (χ2n) is 2.92. The average Bonchev–Trinajstić information content (AvgIpc) is 2.21. The molecule has 0 bridgehead atoms. The molecule has 0 saturated heterocycles. The SMILES string of the molecule is CC.CCNS(C)(=O)=O.Cc1ccccc1. The van der Waals surface area contributed by atoms with Gasteiger partial charge in [0.25, 0.3) is 0 Å². The van der Waals surface area contributed by atoms with Crippen LogP contribution in [0, 0.1) is 6.92 Å². The van der Waals surface area contributed by atoms with Crippen LogP contribution >= 0.6 is 0 Å². The van der Waals surface area contributed by atoms with Crippen molar-refractivity contribution in [3.63, 3.8) is 0 Å². The van der Waals surface area contributed by atoms with E-state index >= 15 is 0 Å². The summed E-state index contributed by atoms with van der Waals surface area (Å²) in [4.78, 5) is 0. The highest BCUT2D eigenvalue weighted by Crippen LogP contribution is 1.92. The molecule has 0 aliphatic heterocycles. The number of aryl methyl sites for hydroxylation is 1. The molecule has 0 aliphatic rings. The second kappa shape index (κ2) is 10.6. The van der Waals surface area contributed by atoms with Crippen molar-refractivity contribution in [3.05, 3.63) is 35.9 Å².